The minimum absolute atomic E-state index is 0.0425. The molecule has 3 N–H and O–H groups in total. The third-order valence-corrected chi connectivity index (χ3v) is 3.05. The largest absolute Gasteiger partial charge is 0.507 e. The predicted octanol–water partition coefficient (Wildman–Crippen LogP) is 3.06. The average Bonchev–Trinajstić information content (AvgIpc) is 2.18. The van der Waals surface area contributed by atoms with Crippen LogP contribution < -0.4 is 5.73 Å². The first-order valence-electron chi connectivity index (χ1n) is 5.81. The molecule has 90 valence electrons. The van der Waals surface area contributed by atoms with E-state index in [1.807, 2.05) is 13.0 Å². The van der Waals surface area contributed by atoms with E-state index in [2.05, 4.69) is 33.8 Å². The van der Waals surface area contributed by atoms with Gasteiger partial charge in [0.05, 0.1) is 0 Å². The molecule has 0 aromatic heterocycles. The molecule has 2 heteroatoms. The summed E-state index contributed by atoms with van der Waals surface area (Å²) in [4.78, 5) is 0. The predicted molar refractivity (Wildman–Crippen MR) is 69.0 cm³/mol. The third kappa shape index (κ3) is 2.56. The zero-order valence-electron chi connectivity index (χ0n) is 11.0. The lowest BCUT2D eigenvalue weighted by molar-refractivity contribution is 0.442. The summed E-state index contributed by atoms with van der Waals surface area (Å²) in [5.74, 6) is 0.751. The Morgan fingerprint density at radius 1 is 1.31 bits per heavy atom. The highest BCUT2D eigenvalue weighted by Crippen LogP contribution is 2.35. The molecule has 2 nitrogen and oxygen atoms in total. The van der Waals surface area contributed by atoms with E-state index < -0.39 is 0 Å². The van der Waals surface area contributed by atoms with E-state index in [1.54, 1.807) is 0 Å². The molecule has 0 aliphatic carbocycles. The number of hydrogen-bond acceptors (Lipinski definition) is 2. The number of aromatic hydroxyl groups is 1. The molecule has 0 radical (unpaired) electrons. The Bertz CT molecular complexity index is 377. The standard InChI is InChI=1S/C14H23NO/c1-9-6-11(10(2)8-15)7-12(13(9)16)14(3,4)5/h6-7,10,16H,8,15H2,1-5H3. The second-order valence-electron chi connectivity index (χ2n) is 5.62. The van der Waals surface area contributed by atoms with Crippen molar-refractivity contribution in [1.29, 1.82) is 0 Å². The summed E-state index contributed by atoms with van der Waals surface area (Å²) < 4.78 is 0. The lowest BCUT2D eigenvalue weighted by Gasteiger charge is -2.24. The maximum atomic E-state index is 10.1. The van der Waals surface area contributed by atoms with Crippen molar-refractivity contribution in [3.05, 3.63) is 28.8 Å². The first-order valence-corrected chi connectivity index (χ1v) is 5.81. The van der Waals surface area contributed by atoms with Gasteiger partial charge in [-0.25, -0.2) is 0 Å². The minimum Gasteiger partial charge on any atom is -0.507 e. The smallest absolute Gasteiger partial charge is 0.122 e. The van der Waals surface area contributed by atoms with Gasteiger partial charge in [0.15, 0.2) is 0 Å². The molecule has 0 aliphatic rings. The fourth-order valence-electron chi connectivity index (χ4n) is 1.80. The van der Waals surface area contributed by atoms with Crippen LogP contribution in [0.25, 0.3) is 0 Å². The van der Waals surface area contributed by atoms with Crippen LogP contribution in [0.5, 0.6) is 5.75 Å². The van der Waals surface area contributed by atoms with Crippen LogP contribution >= 0.6 is 0 Å². The monoisotopic (exact) mass is 221 g/mol. The first kappa shape index (κ1) is 13.0. The van der Waals surface area contributed by atoms with Crippen molar-refractivity contribution in [2.45, 2.75) is 46.0 Å². The van der Waals surface area contributed by atoms with Crippen LogP contribution in [0.2, 0.25) is 0 Å². The van der Waals surface area contributed by atoms with Crippen LogP contribution in [0.4, 0.5) is 0 Å². The van der Waals surface area contributed by atoms with Crippen molar-refractivity contribution in [1.82, 2.24) is 0 Å². The Kier molecular flexibility index (Phi) is 3.64. The number of phenolic OH excluding ortho intramolecular Hbond substituents is 1. The van der Waals surface area contributed by atoms with Gasteiger partial charge in [-0.3, -0.25) is 0 Å². The molecule has 1 atom stereocenters. The van der Waals surface area contributed by atoms with Gasteiger partial charge in [0, 0.05) is 0 Å². The molecule has 0 bridgehead atoms. The Labute approximate surface area is 98.5 Å². The number of aryl methyl sites for hydroxylation is 1. The van der Waals surface area contributed by atoms with Crippen molar-refractivity contribution in [3.63, 3.8) is 0 Å². The molecular formula is C14H23NO. The van der Waals surface area contributed by atoms with Crippen molar-refractivity contribution in [2.24, 2.45) is 5.73 Å². The van der Waals surface area contributed by atoms with Gasteiger partial charge in [-0.1, -0.05) is 39.8 Å². The van der Waals surface area contributed by atoms with E-state index in [-0.39, 0.29) is 5.41 Å². The van der Waals surface area contributed by atoms with Gasteiger partial charge < -0.3 is 10.8 Å². The van der Waals surface area contributed by atoms with Crippen molar-refractivity contribution in [2.75, 3.05) is 6.54 Å². The summed E-state index contributed by atoms with van der Waals surface area (Å²) in [6, 6.07) is 4.11. The quantitative estimate of drug-likeness (QED) is 0.806. The van der Waals surface area contributed by atoms with Crippen LogP contribution in [0, 0.1) is 6.92 Å². The van der Waals surface area contributed by atoms with Crippen molar-refractivity contribution in [3.8, 4) is 5.75 Å². The number of rotatable bonds is 2. The number of hydrogen-bond donors (Lipinski definition) is 2. The Morgan fingerprint density at radius 3 is 2.31 bits per heavy atom. The van der Waals surface area contributed by atoms with Gasteiger partial charge in [-0.05, 0) is 41.5 Å². The van der Waals surface area contributed by atoms with Crippen molar-refractivity contribution >= 4 is 0 Å². The summed E-state index contributed by atoms with van der Waals surface area (Å²) in [5, 5.41) is 10.1. The molecule has 16 heavy (non-hydrogen) atoms. The number of nitrogens with two attached hydrogens (primary N) is 1. The number of phenols is 1. The molecule has 0 heterocycles. The van der Waals surface area contributed by atoms with E-state index in [0.717, 1.165) is 11.1 Å². The van der Waals surface area contributed by atoms with Crippen LogP contribution in [0.3, 0.4) is 0 Å². The summed E-state index contributed by atoms with van der Waals surface area (Å²) in [6.45, 7) is 11.0. The molecular weight excluding hydrogens is 198 g/mol. The highest BCUT2D eigenvalue weighted by Gasteiger charge is 2.21. The summed E-state index contributed by atoms with van der Waals surface area (Å²) in [5.41, 5.74) is 8.79. The lowest BCUT2D eigenvalue weighted by Crippen LogP contribution is -2.15. The van der Waals surface area contributed by atoms with E-state index in [1.165, 1.54) is 5.56 Å². The molecule has 1 unspecified atom stereocenters. The number of benzene rings is 1. The maximum absolute atomic E-state index is 10.1. The molecule has 0 saturated heterocycles. The Hall–Kier alpha value is -1.02. The van der Waals surface area contributed by atoms with Crippen LogP contribution in [-0.4, -0.2) is 11.7 Å². The molecule has 0 saturated carbocycles. The summed E-state index contributed by atoms with van der Waals surface area (Å²) >= 11 is 0. The van der Waals surface area contributed by atoms with E-state index in [9.17, 15) is 5.11 Å². The molecule has 1 aromatic rings. The second-order valence-corrected chi connectivity index (χ2v) is 5.62. The zero-order valence-corrected chi connectivity index (χ0v) is 11.0. The van der Waals surface area contributed by atoms with Crippen molar-refractivity contribution < 1.29 is 5.11 Å². The molecule has 1 aromatic carbocycles. The van der Waals surface area contributed by atoms with Gasteiger partial charge in [-0.2, -0.15) is 0 Å². The zero-order chi connectivity index (χ0) is 12.5. The third-order valence-electron chi connectivity index (χ3n) is 3.05. The second kappa shape index (κ2) is 4.46. The molecule has 0 fully saturated rings. The van der Waals surface area contributed by atoms with Crippen LogP contribution in [0.15, 0.2) is 12.1 Å². The SMILES string of the molecule is Cc1cc(C(C)CN)cc(C(C)(C)C)c1O. The molecule has 0 spiro atoms. The Morgan fingerprint density at radius 2 is 1.88 bits per heavy atom. The maximum Gasteiger partial charge on any atom is 0.122 e. The van der Waals surface area contributed by atoms with Gasteiger partial charge in [0.25, 0.3) is 0 Å². The first-order chi connectivity index (χ1) is 7.27. The summed E-state index contributed by atoms with van der Waals surface area (Å²) in [6.07, 6.45) is 0. The topological polar surface area (TPSA) is 46.2 Å². The molecule has 1 rings (SSSR count). The molecule has 0 amide bonds. The fourth-order valence-corrected chi connectivity index (χ4v) is 1.80. The normalized spacial score (nSPS) is 13.9. The average molecular weight is 221 g/mol. The molecule has 0 aliphatic heterocycles. The minimum atomic E-state index is -0.0425. The van der Waals surface area contributed by atoms with Gasteiger partial charge in [-0.15, -0.1) is 0 Å². The van der Waals surface area contributed by atoms with E-state index >= 15 is 0 Å². The van der Waals surface area contributed by atoms with Gasteiger partial charge in [0.2, 0.25) is 0 Å². The summed E-state index contributed by atoms with van der Waals surface area (Å²) in [7, 11) is 0. The Balaban J connectivity index is 3.33. The van der Waals surface area contributed by atoms with Gasteiger partial charge in [0.1, 0.15) is 5.75 Å². The lowest BCUT2D eigenvalue weighted by atomic mass is 9.82. The highest BCUT2D eigenvalue weighted by atomic mass is 16.3. The highest BCUT2D eigenvalue weighted by molar-refractivity contribution is 5.47. The van der Waals surface area contributed by atoms with Crippen LogP contribution in [-0.2, 0) is 5.41 Å². The van der Waals surface area contributed by atoms with E-state index in [4.69, 9.17) is 5.73 Å². The van der Waals surface area contributed by atoms with Crippen LogP contribution in [0.1, 0.15) is 50.3 Å². The van der Waals surface area contributed by atoms with E-state index in [0.29, 0.717) is 18.2 Å². The van der Waals surface area contributed by atoms with Gasteiger partial charge >= 0.3 is 0 Å². The fraction of sp³-hybridized carbons (Fsp3) is 0.571.